The minimum atomic E-state index is 0.683. The van der Waals surface area contributed by atoms with E-state index in [2.05, 4.69) is 173 Å². The van der Waals surface area contributed by atoms with Crippen molar-refractivity contribution in [2.24, 2.45) is 0 Å². The monoisotopic (exact) mass is 733 g/mol. The van der Waals surface area contributed by atoms with Crippen LogP contribution >= 0.6 is 11.3 Å². The predicted octanol–water partition coefficient (Wildman–Crippen LogP) is 13.2. The molecule has 0 aliphatic rings. The minimum Gasteiger partial charge on any atom is -0.307 e. The molecule has 0 radical (unpaired) electrons. The number of rotatable bonds is 5. The standard InChI is InChI=1S/C50H31N5S/c1-3-16-32(17-4-1)49-51-50(33-18-5-2-6-19-33)55(52-49)44-28-15-23-36-34-20-7-10-24-39(34)54(47(36)44)42-27-13-12-26-41(42)53-40-25-11-8-22-38(40)46-43(53)31-30-37-35-21-9-14-29-45(35)56-48(37)46/h1-31H. The smallest absolute Gasteiger partial charge is 0.182 e. The number of fused-ring (bicyclic) bond motifs is 10. The lowest BCUT2D eigenvalue weighted by Gasteiger charge is -2.18. The van der Waals surface area contributed by atoms with Crippen LogP contribution in [0.3, 0.4) is 0 Å². The summed E-state index contributed by atoms with van der Waals surface area (Å²) in [4.78, 5) is 5.20. The molecule has 262 valence electrons. The number of nitrogens with zero attached hydrogens (tertiary/aromatic N) is 5. The topological polar surface area (TPSA) is 40.6 Å². The normalized spacial score (nSPS) is 11.9. The molecule has 0 amide bonds. The van der Waals surface area contributed by atoms with Gasteiger partial charge in [-0.25, -0.2) is 9.67 Å². The van der Waals surface area contributed by atoms with Crippen molar-refractivity contribution in [3.05, 3.63) is 188 Å². The first-order chi connectivity index (χ1) is 27.8. The van der Waals surface area contributed by atoms with Crippen molar-refractivity contribution < 1.29 is 0 Å². The van der Waals surface area contributed by atoms with E-state index in [4.69, 9.17) is 10.1 Å². The summed E-state index contributed by atoms with van der Waals surface area (Å²) in [5, 5.41) is 12.8. The molecular weight excluding hydrogens is 703 g/mol. The summed E-state index contributed by atoms with van der Waals surface area (Å²) in [6.45, 7) is 0. The number of para-hydroxylation sites is 5. The Morgan fingerprint density at radius 1 is 0.393 bits per heavy atom. The zero-order valence-corrected chi connectivity index (χ0v) is 30.9. The molecule has 5 nitrogen and oxygen atoms in total. The van der Waals surface area contributed by atoms with Crippen molar-refractivity contribution in [1.82, 2.24) is 23.9 Å². The van der Waals surface area contributed by atoms with E-state index in [9.17, 15) is 0 Å². The van der Waals surface area contributed by atoms with Gasteiger partial charge in [-0.2, -0.15) is 0 Å². The van der Waals surface area contributed by atoms with Gasteiger partial charge in [0.05, 0.1) is 39.1 Å². The van der Waals surface area contributed by atoms with E-state index in [0.717, 1.165) is 50.4 Å². The maximum atomic E-state index is 5.27. The van der Waals surface area contributed by atoms with Crippen molar-refractivity contribution in [3.8, 4) is 39.8 Å². The summed E-state index contributed by atoms with van der Waals surface area (Å²) in [7, 11) is 0. The van der Waals surface area contributed by atoms with E-state index < -0.39 is 0 Å². The van der Waals surface area contributed by atoms with Gasteiger partial charge in [-0.15, -0.1) is 16.4 Å². The highest BCUT2D eigenvalue weighted by Gasteiger charge is 2.24. The predicted molar refractivity (Wildman–Crippen MR) is 234 cm³/mol. The van der Waals surface area contributed by atoms with Crippen molar-refractivity contribution in [2.45, 2.75) is 0 Å². The zero-order chi connectivity index (χ0) is 36.7. The van der Waals surface area contributed by atoms with Gasteiger partial charge >= 0.3 is 0 Å². The minimum absolute atomic E-state index is 0.683. The second-order valence-electron chi connectivity index (χ2n) is 14.2. The fraction of sp³-hybridized carbons (Fsp3) is 0. The molecule has 0 saturated carbocycles. The van der Waals surface area contributed by atoms with Gasteiger partial charge in [0.25, 0.3) is 0 Å². The van der Waals surface area contributed by atoms with Crippen LogP contribution in [-0.2, 0) is 0 Å². The number of hydrogen-bond acceptors (Lipinski definition) is 3. The van der Waals surface area contributed by atoms with Gasteiger partial charge in [-0.05, 0) is 42.5 Å². The van der Waals surface area contributed by atoms with Gasteiger partial charge in [0.1, 0.15) is 0 Å². The number of thiophene rings is 1. The maximum absolute atomic E-state index is 5.27. The lowest BCUT2D eigenvalue weighted by Crippen LogP contribution is -2.06. The Labute approximate surface area is 325 Å². The maximum Gasteiger partial charge on any atom is 0.182 e. The third-order valence-electron chi connectivity index (χ3n) is 11.1. The van der Waals surface area contributed by atoms with E-state index in [1.807, 2.05) is 40.3 Å². The summed E-state index contributed by atoms with van der Waals surface area (Å²) >= 11 is 1.89. The first kappa shape index (κ1) is 31.1. The Morgan fingerprint density at radius 3 is 1.77 bits per heavy atom. The van der Waals surface area contributed by atoms with Crippen LogP contribution in [-0.4, -0.2) is 23.9 Å². The fourth-order valence-electron chi connectivity index (χ4n) is 8.72. The zero-order valence-electron chi connectivity index (χ0n) is 30.0. The Hall–Kier alpha value is -7.28. The molecule has 0 aliphatic heterocycles. The van der Waals surface area contributed by atoms with Crippen molar-refractivity contribution >= 4 is 75.1 Å². The molecule has 4 aromatic heterocycles. The van der Waals surface area contributed by atoms with E-state index >= 15 is 0 Å². The van der Waals surface area contributed by atoms with Crippen molar-refractivity contribution in [1.29, 1.82) is 0 Å². The van der Waals surface area contributed by atoms with Crippen LogP contribution in [0.1, 0.15) is 0 Å². The molecule has 0 saturated heterocycles. The lowest BCUT2D eigenvalue weighted by atomic mass is 10.1. The van der Waals surface area contributed by atoms with E-state index in [1.165, 1.54) is 47.4 Å². The van der Waals surface area contributed by atoms with E-state index in [0.29, 0.717) is 5.82 Å². The second-order valence-corrected chi connectivity index (χ2v) is 15.3. The molecule has 0 aliphatic carbocycles. The van der Waals surface area contributed by atoms with Gasteiger partial charge < -0.3 is 9.13 Å². The molecule has 56 heavy (non-hydrogen) atoms. The third kappa shape index (κ3) is 4.48. The average molecular weight is 734 g/mol. The molecule has 8 aromatic carbocycles. The van der Waals surface area contributed by atoms with Crippen LogP contribution in [0.4, 0.5) is 0 Å². The summed E-state index contributed by atoms with van der Waals surface area (Å²) in [6.07, 6.45) is 0. The number of benzene rings is 8. The SMILES string of the molecule is c1ccc(-c2nc(-c3ccccc3)n(-c3cccc4c5ccccc5n(-c5ccccc5-n5c6ccccc6c6c7sc8ccccc8c7ccc65)c34)n2)cc1. The van der Waals surface area contributed by atoms with Crippen LogP contribution < -0.4 is 0 Å². The summed E-state index contributed by atoms with van der Waals surface area (Å²) in [6, 6.07) is 67.0. The molecule has 0 unspecified atom stereocenters. The van der Waals surface area contributed by atoms with Gasteiger partial charge in [0.2, 0.25) is 0 Å². The van der Waals surface area contributed by atoms with E-state index in [-0.39, 0.29) is 0 Å². The van der Waals surface area contributed by atoms with Gasteiger partial charge in [0.15, 0.2) is 11.6 Å². The van der Waals surface area contributed by atoms with Gasteiger partial charge in [0, 0.05) is 52.8 Å². The lowest BCUT2D eigenvalue weighted by molar-refractivity contribution is 0.892. The highest BCUT2D eigenvalue weighted by molar-refractivity contribution is 7.26. The van der Waals surface area contributed by atoms with Crippen LogP contribution in [0.25, 0.3) is 104 Å². The van der Waals surface area contributed by atoms with Crippen LogP contribution in [0, 0.1) is 0 Å². The Bertz CT molecular complexity index is 3480. The first-order valence-electron chi connectivity index (χ1n) is 18.9. The van der Waals surface area contributed by atoms with Crippen molar-refractivity contribution in [2.75, 3.05) is 0 Å². The van der Waals surface area contributed by atoms with E-state index in [1.54, 1.807) is 0 Å². The Kier molecular flexibility index (Phi) is 6.73. The first-order valence-corrected chi connectivity index (χ1v) is 19.7. The van der Waals surface area contributed by atoms with Gasteiger partial charge in [-0.1, -0.05) is 146 Å². The average Bonchev–Trinajstić information content (AvgIpc) is 4.04. The second kappa shape index (κ2) is 12.1. The largest absolute Gasteiger partial charge is 0.307 e. The molecular formula is C50H31N5S. The number of hydrogen-bond donors (Lipinski definition) is 0. The van der Waals surface area contributed by atoms with Crippen LogP contribution in [0.5, 0.6) is 0 Å². The molecule has 12 rings (SSSR count). The van der Waals surface area contributed by atoms with Crippen LogP contribution in [0.2, 0.25) is 0 Å². The molecule has 0 atom stereocenters. The summed E-state index contributed by atoms with van der Waals surface area (Å²) in [5.41, 5.74) is 9.66. The van der Waals surface area contributed by atoms with Crippen LogP contribution in [0.15, 0.2) is 188 Å². The highest BCUT2D eigenvalue weighted by Crippen LogP contribution is 2.45. The molecule has 6 heteroatoms. The molecule has 12 aromatic rings. The number of aromatic nitrogens is 5. The fourth-order valence-corrected chi connectivity index (χ4v) is 9.98. The molecule has 0 bridgehead atoms. The summed E-state index contributed by atoms with van der Waals surface area (Å²) in [5.74, 6) is 1.47. The highest BCUT2D eigenvalue weighted by atomic mass is 32.1. The molecule has 4 heterocycles. The molecule has 0 N–H and O–H groups in total. The van der Waals surface area contributed by atoms with Gasteiger partial charge in [-0.3, -0.25) is 0 Å². The van der Waals surface area contributed by atoms with Crippen molar-refractivity contribution in [3.63, 3.8) is 0 Å². The molecule has 0 fully saturated rings. The Balaban J connectivity index is 1.18. The third-order valence-corrected chi connectivity index (χ3v) is 12.3. The molecule has 0 spiro atoms. The summed E-state index contributed by atoms with van der Waals surface area (Å²) < 4.78 is 9.57. The quantitative estimate of drug-likeness (QED) is 0.177. The Morgan fingerprint density at radius 2 is 0.982 bits per heavy atom.